The van der Waals surface area contributed by atoms with Gasteiger partial charge in [-0.2, -0.15) is 0 Å². The van der Waals surface area contributed by atoms with Crippen molar-refractivity contribution >= 4 is 70.9 Å². The van der Waals surface area contributed by atoms with Gasteiger partial charge in [-0.25, -0.2) is 9.10 Å². The lowest BCUT2D eigenvalue weighted by atomic mass is 10.1. The molecular weight excluding hydrogens is 463 g/mol. The molecule has 2 aromatic carbocycles. The van der Waals surface area contributed by atoms with Crippen LogP contribution in [0.5, 0.6) is 0 Å². The molecule has 0 aliphatic rings. The summed E-state index contributed by atoms with van der Waals surface area (Å²) in [6, 6.07) is 13.1. The van der Waals surface area contributed by atoms with Crippen LogP contribution in [0.1, 0.15) is 5.56 Å². The van der Waals surface area contributed by atoms with Gasteiger partial charge in [0.2, 0.25) is 9.70 Å². The summed E-state index contributed by atoms with van der Waals surface area (Å²) in [5.41, 5.74) is 0.838. The summed E-state index contributed by atoms with van der Waals surface area (Å²) in [5, 5.41) is 15.6. The fourth-order valence-electron chi connectivity index (χ4n) is 2.23. The van der Waals surface area contributed by atoms with E-state index < -0.39 is 26.8 Å². The number of nitro benzene ring substituents is 1. The lowest BCUT2D eigenvalue weighted by molar-refractivity contribution is -0.384. The van der Waals surface area contributed by atoms with Crippen LogP contribution in [0.15, 0.2) is 54.6 Å². The topological polar surface area (TPSA) is 105 Å². The number of benzene rings is 2. The first-order valence-corrected chi connectivity index (χ1v) is 9.55. The largest absolute Gasteiger partial charge is 0.333 e. The number of thiol groups is 1. The van der Waals surface area contributed by atoms with E-state index in [0.717, 1.165) is 9.87 Å². The summed E-state index contributed by atoms with van der Waals surface area (Å²) in [4.78, 5) is 34.9. The van der Waals surface area contributed by atoms with Gasteiger partial charge < -0.3 is 10.6 Å². The summed E-state index contributed by atoms with van der Waals surface area (Å²) >= 11 is 21.8. The van der Waals surface area contributed by atoms with Gasteiger partial charge in [0.1, 0.15) is 0 Å². The van der Waals surface area contributed by atoms with Crippen molar-refractivity contribution in [2.24, 2.45) is 0 Å². The second-order valence-electron chi connectivity index (χ2n) is 5.75. The fourth-order valence-corrected chi connectivity index (χ4v) is 3.17. The second-order valence-corrected chi connectivity index (χ2v) is 8.55. The molecule has 0 bridgehead atoms. The van der Waals surface area contributed by atoms with Crippen molar-refractivity contribution in [2.75, 3.05) is 5.32 Å². The van der Waals surface area contributed by atoms with E-state index in [-0.39, 0.29) is 17.8 Å². The predicted molar refractivity (Wildman–Crippen MR) is 115 cm³/mol. The number of alkyl halides is 3. The Balaban J connectivity index is 2.07. The average Bonchev–Trinajstić information content (AvgIpc) is 2.66. The molecular formula is C17H15Cl3N4O4S. The molecule has 154 valence electrons. The Morgan fingerprint density at radius 1 is 1.10 bits per heavy atom. The first-order chi connectivity index (χ1) is 13.6. The van der Waals surface area contributed by atoms with Crippen LogP contribution in [-0.4, -0.2) is 31.1 Å². The van der Waals surface area contributed by atoms with Crippen molar-refractivity contribution in [3.63, 3.8) is 0 Å². The van der Waals surface area contributed by atoms with E-state index in [1.807, 2.05) is 6.07 Å². The quantitative estimate of drug-likeness (QED) is 0.189. The Kier molecular flexibility index (Phi) is 7.97. The number of halogens is 3. The van der Waals surface area contributed by atoms with Crippen LogP contribution in [0.2, 0.25) is 0 Å². The highest BCUT2D eigenvalue weighted by molar-refractivity contribution is 7.78. The smallest absolute Gasteiger partial charge is 0.331 e. The van der Waals surface area contributed by atoms with Crippen LogP contribution in [-0.2, 0) is 11.2 Å². The summed E-state index contributed by atoms with van der Waals surface area (Å²) in [7, 11) is 0. The summed E-state index contributed by atoms with van der Waals surface area (Å²) < 4.78 is -1.36. The molecule has 1 atom stereocenters. The van der Waals surface area contributed by atoms with Gasteiger partial charge in [-0.1, -0.05) is 77.9 Å². The second kappa shape index (κ2) is 10.0. The molecule has 0 heterocycles. The van der Waals surface area contributed by atoms with Crippen molar-refractivity contribution in [3.05, 3.63) is 70.3 Å². The maximum absolute atomic E-state index is 12.4. The van der Waals surface area contributed by atoms with Gasteiger partial charge in [0.25, 0.3) is 5.69 Å². The van der Waals surface area contributed by atoms with Crippen LogP contribution in [0.3, 0.4) is 0 Å². The molecule has 0 radical (unpaired) electrons. The Morgan fingerprint density at radius 3 is 2.21 bits per heavy atom. The lowest BCUT2D eigenvalue weighted by Crippen LogP contribution is -2.55. The Morgan fingerprint density at radius 2 is 1.69 bits per heavy atom. The number of urea groups is 1. The monoisotopic (exact) mass is 476 g/mol. The zero-order valence-electron chi connectivity index (χ0n) is 14.6. The minimum atomic E-state index is -2.08. The molecule has 0 saturated carbocycles. The number of nitro groups is 1. The Labute approximate surface area is 186 Å². The number of nitrogens with one attached hydrogen (secondary N) is 2. The van der Waals surface area contributed by atoms with Gasteiger partial charge in [-0.3, -0.25) is 14.9 Å². The third-order valence-electron chi connectivity index (χ3n) is 3.60. The summed E-state index contributed by atoms with van der Waals surface area (Å²) in [6.07, 6.45) is -1.39. The Bertz CT molecular complexity index is 878. The van der Waals surface area contributed by atoms with Gasteiger partial charge >= 0.3 is 6.03 Å². The summed E-state index contributed by atoms with van der Waals surface area (Å²) in [6.45, 7) is 0. The zero-order chi connectivity index (χ0) is 21.6. The van der Waals surface area contributed by atoms with E-state index in [4.69, 9.17) is 34.8 Å². The van der Waals surface area contributed by atoms with Crippen molar-refractivity contribution < 1.29 is 14.5 Å². The molecule has 0 spiro atoms. The van der Waals surface area contributed by atoms with Crippen molar-refractivity contribution in [3.8, 4) is 0 Å². The average molecular weight is 478 g/mol. The van der Waals surface area contributed by atoms with E-state index in [2.05, 4.69) is 23.4 Å². The first kappa shape index (κ1) is 23.1. The molecule has 0 aromatic heterocycles. The molecule has 0 aliphatic heterocycles. The number of rotatable bonds is 6. The predicted octanol–water partition coefficient (Wildman–Crippen LogP) is 4.33. The minimum Gasteiger partial charge on any atom is -0.331 e. The molecule has 2 aromatic rings. The van der Waals surface area contributed by atoms with E-state index in [1.54, 1.807) is 24.3 Å². The molecule has 3 amide bonds. The third-order valence-corrected chi connectivity index (χ3v) is 4.63. The van der Waals surface area contributed by atoms with Crippen LogP contribution in [0.4, 0.5) is 16.2 Å². The number of carbonyl (C=O) groups excluding carboxylic acids is 2. The molecule has 2 N–H and O–H groups in total. The fraction of sp³-hybridized carbons (Fsp3) is 0.176. The highest BCUT2D eigenvalue weighted by Crippen LogP contribution is 2.33. The summed E-state index contributed by atoms with van der Waals surface area (Å²) in [5.74, 6) is -0.491. The van der Waals surface area contributed by atoms with Crippen molar-refractivity contribution in [1.29, 1.82) is 0 Å². The number of nitrogens with zero attached hydrogens (tertiary/aromatic N) is 2. The molecule has 29 heavy (non-hydrogen) atoms. The number of amides is 3. The lowest BCUT2D eigenvalue weighted by Gasteiger charge is -2.32. The Hall–Kier alpha value is -2.20. The molecule has 1 unspecified atom stereocenters. The van der Waals surface area contributed by atoms with Crippen molar-refractivity contribution in [2.45, 2.75) is 16.4 Å². The SMILES string of the molecule is O=C(Cc1ccccc1)NC(N(S)C(=O)Nc1ccc([N+](=O)[O-])cc1)C(Cl)(Cl)Cl. The number of hydrogen-bond acceptors (Lipinski definition) is 5. The maximum atomic E-state index is 12.4. The maximum Gasteiger partial charge on any atom is 0.333 e. The number of anilines is 1. The van der Waals surface area contributed by atoms with E-state index >= 15 is 0 Å². The molecule has 8 nitrogen and oxygen atoms in total. The van der Waals surface area contributed by atoms with E-state index in [0.29, 0.717) is 0 Å². The third kappa shape index (κ3) is 6.97. The van der Waals surface area contributed by atoms with Crippen molar-refractivity contribution in [1.82, 2.24) is 9.62 Å². The molecule has 12 heteroatoms. The van der Waals surface area contributed by atoms with Crippen LogP contribution >= 0.6 is 47.6 Å². The van der Waals surface area contributed by atoms with Gasteiger partial charge in [0.15, 0.2) is 6.17 Å². The molecule has 0 saturated heterocycles. The zero-order valence-corrected chi connectivity index (χ0v) is 17.8. The van der Waals surface area contributed by atoms with Gasteiger partial charge in [0.05, 0.1) is 11.3 Å². The molecule has 2 rings (SSSR count). The first-order valence-electron chi connectivity index (χ1n) is 8.01. The van der Waals surface area contributed by atoms with E-state index in [1.165, 1.54) is 24.3 Å². The van der Waals surface area contributed by atoms with E-state index in [9.17, 15) is 19.7 Å². The van der Waals surface area contributed by atoms with Gasteiger partial charge in [-0.15, -0.1) is 0 Å². The highest BCUT2D eigenvalue weighted by atomic mass is 35.6. The molecule has 0 aliphatic carbocycles. The molecule has 0 fully saturated rings. The van der Waals surface area contributed by atoms with Gasteiger partial charge in [-0.05, 0) is 17.7 Å². The van der Waals surface area contributed by atoms with Crippen LogP contribution < -0.4 is 10.6 Å². The van der Waals surface area contributed by atoms with Crippen LogP contribution in [0.25, 0.3) is 0 Å². The van der Waals surface area contributed by atoms with Crippen LogP contribution in [0, 0.1) is 10.1 Å². The van der Waals surface area contributed by atoms with Gasteiger partial charge in [0, 0.05) is 17.8 Å². The highest BCUT2D eigenvalue weighted by Gasteiger charge is 2.40. The number of hydrogen-bond donors (Lipinski definition) is 3. The number of non-ortho nitro benzene ring substituents is 1. The minimum absolute atomic E-state index is 0.00365. The number of carbonyl (C=O) groups is 2. The normalized spacial score (nSPS) is 12.0. The standard InChI is InChI=1S/C17H15Cl3N4O4S/c18-17(19,20)15(22-14(25)10-11-4-2-1-3-5-11)23(29)16(26)21-12-6-8-13(9-7-12)24(27)28/h1-9,15,29H,10H2,(H,21,26)(H,22,25).